The molecule has 0 aliphatic rings. The summed E-state index contributed by atoms with van der Waals surface area (Å²) in [6.07, 6.45) is 4.39. The van der Waals surface area contributed by atoms with Gasteiger partial charge in [-0.05, 0) is 19.3 Å². The second kappa shape index (κ2) is 7.71. The minimum absolute atomic E-state index is 0.254. The Morgan fingerprint density at radius 2 is 2.11 bits per heavy atom. The Morgan fingerprint density at radius 3 is 2.72 bits per heavy atom. The highest BCUT2D eigenvalue weighted by Gasteiger charge is 2.14. The first-order valence-corrected chi connectivity index (χ1v) is 6.13. The molecule has 6 nitrogen and oxygen atoms in total. The van der Waals surface area contributed by atoms with Crippen molar-refractivity contribution >= 4 is 11.6 Å². The maximum Gasteiger partial charge on any atom is 0.204 e. The van der Waals surface area contributed by atoms with Crippen LogP contribution in [0.15, 0.2) is 6.33 Å². The van der Waals surface area contributed by atoms with Crippen molar-refractivity contribution < 1.29 is 9.84 Å². The molecule has 0 fully saturated rings. The zero-order valence-electron chi connectivity index (χ0n) is 11.3. The largest absolute Gasteiger partial charge is 0.490 e. The summed E-state index contributed by atoms with van der Waals surface area (Å²) in [4.78, 5) is 10.4. The van der Waals surface area contributed by atoms with Crippen LogP contribution in [0, 0.1) is 0 Å². The molecule has 0 saturated heterocycles. The van der Waals surface area contributed by atoms with E-state index in [2.05, 4.69) is 15.3 Å². The van der Waals surface area contributed by atoms with Crippen LogP contribution < -0.4 is 15.0 Å². The van der Waals surface area contributed by atoms with Crippen molar-refractivity contribution in [3.05, 3.63) is 6.33 Å². The van der Waals surface area contributed by atoms with Crippen LogP contribution in [0.25, 0.3) is 0 Å². The predicted octanol–water partition coefficient (Wildman–Crippen LogP) is 1.13. The number of ether oxygens (including phenoxy) is 1. The van der Waals surface area contributed by atoms with E-state index in [1.165, 1.54) is 6.33 Å². The van der Waals surface area contributed by atoms with Gasteiger partial charge in [0.2, 0.25) is 5.75 Å². The number of nitrogens with one attached hydrogen (secondary N) is 1. The summed E-state index contributed by atoms with van der Waals surface area (Å²) < 4.78 is 5.35. The van der Waals surface area contributed by atoms with Crippen molar-refractivity contribution in [3.63, 3.8) is 0 Å². The first kappa shape index (κ1) is 14.5. The van der Waals surface area contributed by atoms with Crippen LogP contribution in [-0.2, 0) is 0 Å². The number of aliphatic hydroxyl groups excluding tert-OH is 1. The van der Waals surface area contributed by atoms with E-state index in [9.17, 15) is 0 Å². The molecule has 0 amide bonds. The Labute approximate surface area is 108 Å². The number of anilines is 2. The SMILES string of the molecule is CNc1ncnc(N(C)CCCCCO)c1OC. The second-order valence-electron chi connectivity index (χ2n) is 4.03. The zero-order valence-corrected chi connectivity index (χ0v) is 11.3. The molecule has 0 bridgehead atoms. The normalized spacial score (nSPS) is 10.2. The Morgan fingerprint density at radius 1 is 1.33 bits per heavy atom. The van der Waals surface area contributed by atoms with Crippen molar-refractivity contribution in [3.8, 4) is 5.75 Å². The van der Waals surface area contributed by atoms with Gasteiger partial charge in [0.15, 0.2) is 11.6 Å². The highest BCUT2D eigenvalue weighted by molar-refractivity contribution is 5.64. The van der Waals surface area contributed by atoms with Gasteiger partial charge in [-0.3, -0.25) is 0 Å². The molecule has 1 heterocycles. The molecule has 0 aliphatic heterocycles. The van der Waals surface area contributed by atoms with Crippen molar-refractivity contribution in [2.75, 3.05) is 44.6 Å². The summed E-state index contributed by atoms with van der Waals surface area (Å²) in [5.41, 5.74) is 0. The van der Waals surface area contributed by atoms with E-state index in [-0.39, 0.29) is 6.61 Å². The third-order valence-electron chi connectivity index (χ3n) is 2.74. The maximum absolute atomic E-state index is 8.74. The van der Waals surface area contributed by atoms with E-state index in [1.807, 2.05) is 11.9 Å². The van der Waals surface area contributed by atoms with Gasteiger partial charge in [-0.1, -0.05) is 0 Å². The number of aliphatic hydroxyl groups is 1. The topological polar surface area (TPSA) is 70.5 Å². The van der Waals surface area contributed by atoms with Crippen LogP contribution in [0.3, 0.4) is 0 Å². The van der Waals surface area contributed by atoms with Gasteiger partial charge in [-0.15, -0.1) is 0 Å². The summed E-state index contributed by atoms with van der Waals surface area (Å²) in [7, 11) is 5.39. The first-order valence-electron chi connectivity index (χ1n) is 6.13. The third-order valence-corrected chi connectivity index (χ3v) is 2.74. The number of methoxy groups -OCH3 is 1. The molecule has 0 atom stereocenters. The average molecular weight is 254 g/mol. The van der Waals surface area contributed by atoms with E-state index in [0.29, 0.717) is 11.6 Å². The molecule has 0 aromatic carbocycles. The third kappa shape index (κ3) is 3.73. The van der Waals surface area contributed by atoms with E-state index >= 15 is 0 Å². The molecular weight excluding hydrogens is 232 g/mol. The fourth-order valence-electron chi connectivity index (χ4n) is 1.75. The van der Waals surface area contributed by atoms with Crippen LogP contribution in [0.5, 0.6) is 5.75 Å². The van der Waals surface area contributed by atoms with E-state index in [4.69, 9.17) is 9.84 Å². The summed E-state index contributed by atoms with van der Waals surface area (Å²) >= 11 is 0. The molecule has 0 aliphatic carbocycles. The van der Waals surface area contributed by atoms with Crippen LogP contribution in [0.1, 0.15) is 19.3 Å². The van der Waals surface area contributed by atoms with Crippen molar-refractivity contribution in [2.45, 2.75) is 19.3 Å². The lowest BCUT2D eigenvalue weighted by atomic mass is 10.2. The van der Waals surface area contributed by atoms with Crippen LogP contribution in [0.2, 0.25) is 0 Å². The van der Waals surface area contributed by atoms with Gasteiger partial charge in [0.05, 0.1) is 7.11 Å². The van der Waals surface area contributed by atoms with Gasteiger partial charge in [0.25, 0.3) is 0 Å². The number of hydrogen-bond acceptors (Lipinski definition) is 6. The molecule has 2 N–H and O–H groups in total. The lowest BCUT2D eigenvalue weighted by molar-refractivity contribution is 0.283. The number of aromatic nitrogens is 2. The van der Waals surface area contributed by atoms with Crippen molar-refractivity contribution in [1.29, 1.82) is 0 Å². The molecule has 102 valence electrons. The summed E-state index contributed by atoms with van der Waals surface area (Å²) in [5.74, 6) is 2.12. The Hall–Kier alpha value is -1.56. The molecule has 0 saturated carbocycles. The lowest BCUT2D eigenvalue weighted by Crippen LogP contribution is -2.21. The molecule has 18 heavy (non-hydrogen) atoms. The average Bonchev–Trinajstić information content (AvgIpc) is 2.42. The number of rotatable bonds is 8. The van der Waals surface area contributed by atoms with E-state index in [0.717, 1.165) is 31.6 Å². The predicted molar refractivity (Wildman–Crippen MR) is 72.3 cm³/mol. The summed E-state index contributed by atoms with van der Waals surface area (Å²) in [5, 5.41) is 11.7. The van der Waals surface area contributed by atoms with E-state index in [1.54, 1.807) is 14.2 Å². The second-order valence-corrected chi connectivity index (χ2v) is 4.03. The Balaban J connectivity index is 2.69. The highest BCUT2D eigenvalue weighted by atomic mass is 16.5. The monoisotopic (exact) mass is 254 g/mol. The lowest BCUT2D eigenvalue weighted by Gasteiger charge is -2.21. The van der Waals surface area contributed by atoms with Crippen molar-refractivity contribution in [1.82, 2.24) is 9.97 Å². The van der Waals surface area contributed by atoms with Crippen LogP contribution in [0.4, 0.5) is 11.6 Å². The molecule has 1 rings (SSSR count). The highest BCUT2D eigenvalue weighted by Crippen LogP contribution is 2.30. The molecule has 6 heteroatoms. The van der Waals surface area contributed by atoms with Gasteiger partial charge in [-0.2, -0.15) is 0 Å². The molecule has 1 aromatic rings. The number of hydrogen-bond donors (Lipinski definition) is 2. The fourth-order valence-corrected chi connectivity index (χ4v) is 1.75. The summed E-state index contributed by atoms with van der Waals surface area (Å²) in [6, 6.07) is 0. The molecule has 0 radical (unpaired) electrons. The molecule has 0 spiro atoms. The van der Waals surface area contributed by atoms with Crippen LogP contribution in [-0.4, -0.2) is 49.4 Å². The van der Waals surface area contributed by atoms with Crippen LogP contribution >= 0.6 is 0 Å². The quantitative estimate of drug-likeness (QED) is 0.678. The minimum atomic E-state index is 0.254. The van der Waals surface area contributed by atoms with Gasteiger partial charge in [0.1, 0.15) is 6.33 Å². The molecule has 1 aromatic heterocycles. The Kier molecular flexibility index (Phi) is 6.21. The van der Waals surface area contributed by atoms with E-state index < -0.39 is 0 Å². The number of nitrogens with zero attached hydrogens (tertiary/aromatic N) is 3. The first-order chi connectivity index (χ1) is 8.74. The fraction of sp³-hybridized carbons (Fsp3) is 0.667. The van der Waals surface area contributed by atoms with Gasteiger partial charge >= 0.3 is 0 Å². The smallest absolute Gasteiger partial charge is 0.204 e. The molecule has 0 unspecified atom stereocenters. The Bertz CT molecular complexity index is 360. The number of unbranched alkanes of at least 4 members (excludes halogenated alkanes) is 2. The summed E-state index contributed by atoms with van der Waals surface area (Å²) in [6.45, 7) is 1.13. The molecular formula is C12H22N4O2. The van der Waals surface area contributed by atoms with Gasteiger partial charge < -0.3 is 20.1 Å². The van der Waals surface area contributed by atoms with Crippen molar-refractivity contribution in [2.24, 2.45) is 0 Å². The standard InChI is InChI=1S/C12H22N4O2/c1-13-11-10(18-3)12(15-9-14-11)16(2)7-5-4-6-8-17/h9,17H,4-8H2,1-3H3,(H,13,14,15). The van der Waals surface area contributed by atoms with Gasteiger partial charge in [0, 0.05) is 27.2 Å². The zero-order chi connectivity index (χ0) is 13.4. The minimum Gasteiger partial charge on any atom is -0.490 e. The van der Waals surface area contributed by atoms with Gasteiger partial charge in [-0.25, -0.2) is 9.97 Å². The maximum atomic E-state index is 8.74.